The molecule has 0 saturated carbocycles. The van der Waals surface area contributed by atoms with Crippen molar-refractivity contribution in [3.63, 3.8) is 0 Å². The number of rotatable bonds is 5. The van der Waals surface area contributed by atoms with E-state index in [4.69, 9.17) is 0 Å². The first-order valence-corrected chi connectivity index (χ1v) is 8.88. The molecular formula is C22H22N4O2. The minimum Gasteiger partial charge on any atom is -0.354 e. The molecule has 3 N–H and O–H groups in total. The van der Waals surface area contributed by atoms with E-state index in [1.54, 1.807) is 24.4 Å². The second-order valence-electron chi connectivity index (χ2n) is 6.68. The highest BCUT2D eigenvalue weighted by molar-refractivity contribution is 6.04. The lowest BCUT2D eigenvalue weighted by molar-refractivity contribution is -0.114. The molecule has 0 fully saturated rings. The lowest BCUT2D eigenvalue weighted by Crippen LogP contribution is -2.12. The number of aryl methyl sites for hydroxylation is 2. The molecule has 3 rings (SSSR count). The Bertz CT molecular complexity index is 993. The molecule has 0 atom stereocenters. The second-order valence-corrected chi connectivity index (χ2v) is 6.68. The van der Waals surface area contributed by atoms with Gasteiger partial charge in [-0.25, -0.2) is 0 Å². The molecule has 142 valence electrons. The highest BCUT2D eigenvalue weighted by Gasteiger charge is 2.09. The van der Waals surface area contributed by atoms with Gasteiger partial charge in [0.05, 0.1) is 17.4 Å². The molecule has 2 aromatic carbocycles. The SMILES string of the molecule is CC(=O)Nc1ccc(Nc2cncc(C(=O)Nc3cc(C)cc(C)c3)c2)cc1. The van der Waals surface area contributed by atoms with Crippen LogP contribution in [0.2, 0.25) is 0 Å². The summed E-state index contributed by atoms with van der Waals surface area (Å²) in [6, 6.07) is 14.9. The molecule has 28 heavy (non-hydrogen) atoms. The van der Waals surface area contributed by atoms with E-state index < -0.39 is 0 Å². The number of hydrogen-bond acceptors (Lipinski definition) is 4. The molecule has 0 unspecified atom stereocenters. The summed E-state index contributed by atoms with van der Waals surface area (Å²) in [5.41, 5.74) is 5.63. The van der Waals surface area contributed by atoms with E-state index in [1.807, 2.05) is 38.1 Å². The van der Waals surface area contributed by atoms with Gasteiger partial charge in [-0.15, -0.1) is 0 Å². The highest BCUT2D eigenvalue weighted by atomic mass is 16.2. The van der Waals surface area contributed by atoms with Crippen LogP contribution in [-0.2, 0) is 4.79 Å². The molecule has 3 aromatic rings. The zero-order valence-electron chi connectivity index (χ0n) is 16.0. The largest absolute Gasteiger partial charge is 0.354 e. The molecule has 2 amide bonds. The summed E-state index contributed by atoms with van der Waals surface area (Å²) in [6.45, 7) is 5.45. The van der Waals surface area contributed by atoms with Crippen LogP contribution in [0.3, 0.4) is 0 Å². The minimum atomic E-state index is -0.220. The number of carbonyl (C=O) groups excluding carboxylic acids is 2. The van der Waals surface area contributed by atoms with Crippen molar-refractivity contribution in [2.24, 2.45) is 0 Å². The third kappa shape index (κ3) is 5.17. The number of anilines is 4. The molecule has 6 heteroatoms. The van der Waals surface area contributed by atoms with Gasteiger partial charge in [-0.3, -0.25) is 14.6 Å². The highest BCUT2D eigenvalue weighted by Crippen LogP contribution is 2.20. The first kappa shape index (κ1) is 19.1. The summed E-state index contributed by atoms with van der Waals surface area (Å²) < 4.78 is 0. The van der Waals surface area contributed by atoms with Gasteiger partial charge < -0.3 is 16.0 Å². The Morgan fingerprint density at radius 2 is 1.39 bits per heavy atom. The fraction of sp³-hybridized carbons (Fsp3) is 0.136. The molecule has 0 saturated heterocycles. The zero-order chi connectivity index (χ0) is 20.1. The van der Waals surface area contributed by atoms with Crippen molar-refractivity contribution in [2.75, 3.05) is 16.0 Å². The molecule has 6 nitrogen and oxygen atoms in total. The Balaban J connectivity index is 1.71. The van der Waals surface area contributed by atoms with Crippen molar-refractivity contribution in [1.82, 2.24) is 4.98 Å². The Kier molecular flexibility index (Phi) is 5.69. The van der Waals surface area contributed by atoms with Gasteiger partial charge in [0.2, 0.25) is 5.91 Å². The fourth-order valence-corrected chi connectivity index (χ4v) is 2.89. The maximum atomic E-state index is 12.6. The number of amides is 2. The van der Waals surface area contributed by atoms with Crippen LogP contribution in [-0.4, -0.2) is 16.8 Å². The normalized spacial score (nSPS) is 10.2. The molecule has 1 aromatic heterocycles. The summed E-state index contributed by atoms with van der Waals surface area (Å²) in [5.74, 6) is -0.338. The van der Waals surface area contributed by atoms with Crippen LogP contribution < -0.4 is 16.0 Å². The molecule has 0 spiro atoms. The van der Waals surface area contributed by atoms with E-state index in [1.165, 1.54) is 13.1 Å². The third-order valence-electron chi connectivity index (χ3n) is 3.97. The molecule has 0 radical (unpaired) electrons. The molecule has 0 aliphatic carbocycles. The van der Waals surface area contributed by atoms with E-state index >= 15 is 0 Å². The number of nitrogens with zero attached hydrogens (tertiary/aromatic N) is 1. The van der Waals surface area contributed by atoms with E-state index in [0.717, 1.165) is 28.2 Å². The zero-order valence-corrected chi connectivity index (χ0v) is 16.0. The number of hydrogen-bond donors (Lipinski definition) is 3. The summed E-state index contributed by atoms with van der Waals surface area (Å²) in [5, 5.41) is 8.84. The van der Waals surface area contributed by atoms with Crippen LogP contribution in [0.25, 0.3) is 0 Å². The van der Waals surface area contributed by atoms with Crippen molar-refractivity contribution in [2.45, 2.75) is 20.8 Å². The Morgan fingerprint density at radius 3 is 2.04 bits per heavy atom. The van der Waals surface area contributed by atoms with Gasteiger partial charge in [0.1, 0.15) is 0 Å². The lowest BCUT2D eigenvalue weighted by Gasteiger charge is -2.10. The van der Waals surface area contributed by atoms with Crippen LogP contribution in [0.15, 0.2) is 60.9 Å². The first-order valence-electron chi connectivity index (χ1n) is 8.88. The molecule has 1 heterocycles. The average molecular weight is 374 g/mol. The number of benzene rings is 2. The van der Waals surface area contributed by atoms with Crippen molar-refractivity contribution < 1.29 is 9.59 Å². The van der Waals surface area contributed by atoms with Gasteiger partial charge in [-0.1, -0.05) is 6.07 Å². The lowest BCUT2D eigenvalue weighted by atomic mass is 10.1. The van der Waals surface area contributed by atoms with Gasteiger partial charge >= 0.3 is 0 Å². The predicted octanol–water partition coefficient (Wildman–Crippen LogP) is 4.65. The molecule has 0 aliphatic rings. The van der Waals surface area contributed by atoms with Crippen LogP contribution in [0.4, 0.5) is 22.7 Å². The minimum absolute atomic E-state index is 0.118. The van der Waals surface area contributed by atoms with Gasteiger partial charge in [0.15, 0.2) is 0 Å². The third-order valence-corrected chi connectivity index (χ3v) is 3.97. The monoisotopic (exact) mass is 374 g/mol. The number of aromatic nitrogens is 1. The van der Waals surface area contributed by atoms with Crippen LogP contribution in [0.5, 0.6) is 0 Å². The number of carbonyl (C=O) groups is 2. The Hall–Kier alpha value is -3.67. The van der Waals surface area contributed by atoms with Gasteiger partial charge in [-0.05, 0) is 67.4 Å². The average Bonchev–Trinajstić information content (AvgIpc) is 2.62. The smallest absolute Gasteiger partial charge is 0.257 e. The van der Waals surface area contributed by atoms with Crippen molar-refractivity contribution in [3.05, 3.63) is 77.6 Å². The van der Waals surface area contributed by atoms with Crippen molar-refractivity contribution in [1.29, 1.82) is 0 Å². The van der Waals surface area contributed by atoms with E-state index in [-0.39, 0.29) is 11.8 Å². The Labute approximate surface area is 164 Å². The molecule has 0 bridgehead atoms. The van der Waals surface area contributed by atoms with E-state index in [0.29, 0.717) is 11.3 Å². The second kappa shape index (κ2) is 8.35. The van der Waals surface area contributed by atoms with Gasteiger partial charge in [0.25, 0.3) is 5.91 Å². The molecular weight excluding hydrogens is 352 g/mol. The summed E-state index contributed by atoms with van der Waals surface area (Å²) in [7, 11) is 0. The first-order chi connectivity index (χ1) is 13.4. The fourth-order valence-electron chi connectivity index (χ4n) is 2.89. The topological polar surface area (TPSA) is 83.1 Å². The maximum absolute atomic E-state index is 12.6. The van der Waals surface area contributed by atoms with Gasteiger partial charge in [-0.2, -0.15) is 0 Å². The van der Waals surface area contributed by atoms with E-state index in [2.05, 4.69) is 27.0 Å². The van der Waals surface area contributed by atoms with Crippen LogP contribution in [0, 0.1) is 13.8 Å². The Morgan fingerprint density at radius 1 is 0.750 bits per heavy atom. The number of nitrogens with one attached hydrogen (secondary N) is 3. The summed E-state index contributed by atoms with van der Waals surface area (Å²) >= 11 is 0. The van der Waals surface area contributed by atoms with Crippen molar-refractivity contribution in [3.8, 4) is 0 Å². The van der Waals surface area contributed by atoms with Crippen molar-refractivity contribution >= 4 is 34.6 Å². The predicted molar refractivity (Wildman–Crippen MR) is 112 cm³/mol. The van der Waals surface area contributed by atoms with E-state index in [9.17, 15) is 9.59 Å². The maximum Gasteiger partial charge on any atom is 0.257 e. The van der Waals surface area contributed by atoms with Crippen LogP contribution >= 0.6 is 0 Å². The summed E-state index contributed by atoms with van der Waals surface area (Å²) in [4.78, 5) is 27.8. The standard InChI is InChI=1S/C22H22N4O2/c1-14-8-15(2)10-20(9-14)26-22(28)17-11-21(13-23-12-17)25-19-6-4-18(5-7-19)24-16(3)27/h4-13,25H,1-3H3,(H,24,27)(H,26,28). The van der Waals surface area contributed by atoms with Crippen LogP contribution in [0.1, 0.15) is 28.4 Å². The quantitative estimate of drug-likeness (QED) is 0.607. The number of pyridine rings is 1. The molecule has 0 aliphatic heterocycles. The van der Waals surface area contributed by atoms with Gasteiger partial charge in [0, 0.05) is 30.2 Å². The summed E-state index contributed by atoms with van der Waals surface area (Å²) in [6.07, 6.45) is 3.18.